The van der Waals surface area contributed by atoms with Gasteiger partial charge in [0, 0.05) is 12.4 Å². The number of pyridine rings is 1. The van der Waals surface area contributed by atoms with Crippen molar-refractivity contribution in [2.75, 3.05) is 7.11 Å². The number of hydrogen-bond acceptors (Lipinski definition) is 5. The Morgan fingerprint density at radius 2 is 2.24 bits per heavy atom. The Labute approximate surface area is 101 Å². The fraction of sp³-hybridized carbons (Fsp3) is 0.455. The molecule has 1 aromatic heterocycles. The number of rotatable bonds is 5. The molecule has 1 heterocycles. The van der Waals surface area contributed by atoms with Gasteiger partial charge in [-0.2, -0.15) is 0 Å². The van der Waals surface area contributed by atoms with Gasteiger partial charge in [-0.3, -0.25) is 9.78 Å². The lowest BCUT2D eigenvalue weighted by molar-refractivity contribution is -0.140. The molecule has 1 unspecified atom stereocenters. The lowest BCUT2D eigenvalue weighted by Gasteiger charge is -2.11. The highest BCUT2D eigenvalue weighted by Gasteiger charge is 2.24. The fourth-order valence-electron chi connectivity index (χ4n) is 1.30. The molecule has 0 saturated heterocycles. The molecule has 0 aliphatic rings. The predicted octanol–water partition coefficient (Wildman–Crippen LogP) is 0.948. The molecule has 1 aromatic rings. The van der Waals surface area contributed by atoms with Gasteiger partial charge in [-0.15, -0.1) is 0 Å². The second-order valence-electron chi connectivity index (χ2n) is 3.76. The van der Waals surface area contributed by atoms with E-state index in [1.165, 1.54) is 20.2 Å². The van der Waals surface area contributed by atoms with E-state index < -0.39 is 21.1 Å². The van der Waals surface area contributed by atoms with Gasteiger partial charge in [0.1, 0.15) is 0 Å². The Bertz CT molecular complexity index is 470. The van der Waals surface area contributed by atoms with Crippen LogP contribution in [0.4, 0.5) is 0 Å². The van der Waals surface area contributed by atoms with Gasteiger partial charge < -0.3 is 4.74 Å². The summed E-state index contributed by atoms with van der Waals surface area (Å²) in [6.45, 7) is 1.50. The van der Waals surface area contributed by atoms with Crippen LogP contribution in [0.5, 0.6) is 0 Å². The van der Waals surface area contributed by atoms with Crippen LogP contribution in [0.1, 0.15) is 18.9 Å². The first-order valence-corrected chi connectivity index (χ1v) is 6.84. The minimum absolute atomic E-state index is 0.112. The molecule has 0 bridgehead atoms. The molecule has 0 aliphatic carbocycles. The second-order valence-corrected chi connectivity index (χ2v) is 6.18. The molecule has 0 aliphatic heterocycles. The number of hydrogen-bond donors (Lipinski definition) is 0. The van der Waals surface area contributed by atoms with E-state index in [-0.39, 0.29) is 12.2 Å². The molecule has 6 heteroatoms. The van der Waals surface area contributed by atoms with Crippen LogP contribution in [-0.4, -0.2) is 31.7 Å². The first-order chi connectivity index (χ1) is 7.95. The number of sulfone groups is 1. The van der Waals surface area contributed by atoms with Gasteiger partial charge in [0.15, 0.2) is 9.84 Å². The maximum atomic E-state index is 11.9. The molecular weight excluding hydrogens is 242 g/mol. The average Bonchev–Trinajstić information content (AvgIpc) is 2.29. The summed E-state index contributed by atoms with van der Waals surface area (Å²) in [4.78, 5) is 14.9. The molecule has 94 valence electrons. The zero-order chi connectivity index (χ0) is 12.9. The first kappa shape index (κ1) is 13.6. The molecule has 5 nitrogen and oxygen atoms in total. The lowest BCUT2D eigenvalue weighted by atomic mass is 10.3. The van der Waals surface area contributed by atoms with Crippen molar-refractivity contribution >= 4 is 15.8 Å². The van der Waals surface area contributed by atoms with Gasteiger partial charge in [0.05, 0.1) is 24.5 Å². The number of carbonyl (C=O) groups is 1. The van der Waals surface area contributed by atoms with E-state index >= 15 is 0 Å². The highest BCUT2D eigenvalue weighted by atomic mass is 32.2. The van der Waals surface area contributed by atoms with E-state index in [1.807, 2.05) is 0 Å². The third-order valence-corrected chi connectivity index (χ3v) is 4.51. The van der Waals surface area contributed by atoms with Crippen molar-refractivity contribution in [2.45, 2.75) is 24.3 Å². The van der Waals surface area contributed by atoms with Crippen LogP contribution in [0.2, 0.25) is 0 Å². The number of nitrogens with zero attached hydrogens (tertiary/aromatic N) is 1. The van der Waals surface area contributed by atoms with Gasteiger partial charge in [-0.05, 0) is 18.6 Å². The van der Waals surface area contributed by atoms with E-state index in [2.05, 4.69) is 9.72 Å². The summed E-state index contributed by atoms with van der Waals surface area (Å²) in [5.74, 6) is -0.633. The van der Waals surface area contributed by atoms with Gasteiger partial charge in [0.25, 0.3) is 0 Å². The summed E-state index contributed by atoms with van der Waals surface area (Å²) in [6, 6.07) is 3.37. The summed E-state index contributed by atoms with van der Waals surface area (Å²) in [6.07, 6.45) is 2.95. The third kappa shape index (κ3) is 4.14. The van der Waals surface area contributed by atoms with Crippen molar-refractivity contribution in [3.05, 3.63) is 30.1 Å². The molecule has 0 fully saturated rings. The number of methoxy groups -OCH3 is 1. The van der Waals surface area contributed by atoms with Gasteiger partial charge in [0.2, 0.25) is 0 Å². The summed E-state index contributed by atoms with van der Waals surface area (Å²) in [5.41, 5.74) is 0.615. The van der Waals surface area contributed by atoms with Crippen LogP contribution in [0.25, 0.3) is 0 Å². The van der Waals surface area contributed by atoms with Crippen molar-refractivity contribution < 1.29 is 17.9 Å². The van der Waals surface area contributed by atoms with E-state index in [4.69, 9.17) is 0 Å². The number of carbonyl (C=O) groups excluding carboxylic acids is 1. The Kier molecular flexibility index (Phi) is 4.62. The molecule has 0 radical (unpaired) electrons. The Balaban J connectivity index is 2.72. The van der Waals surface area contributed by atoms with E-state index in [9.17, 15) is 13.2 Å². The molecule has 0 aromatic carbocycles. The van der Waals surface area contributed by atoms with Crippen LogP contribution < -0.4 is 0 Å². The predicted molar refractivity (Wildman–Crippen MR) is 63.0 cm³/mol. The zero-order valence-corrected chi connectivity index (χ0v) is 10.6. The van der Waals surface area contributed by atoms with E-state index in [1.54, 1.807) is 18.3 Å². The molecule has 1 atom stereocenters. The molecule has 0 spiro atoms. The molecular formula is C11H15NO4S. The molecule has 0 saturated carbocycles. The average molecular weight is 257 g/mol. The SMILES string of the molecule is COC(=O)CC(C)S(=O)(=O)Cc1cccnc1. The number of ether oxygens (including phenoxy) is 1. The van der Waals surface area contributed by atoms with Crippen LogP contribution in [0, 0.1) is 0 Å². The van der Waals surface area contributed by atoms with Crippen molar-refractivity contribution in [3.8, 4) is 0 Å². The second kappa shape index (κ2) is 5.77. The quantitative estimate of drug-likeness (QED) is 0.734. The minimum atomic E-state index is -3.36. The monoisotopic (exact) mass is 257 g/mol. The topological polar surface area (TPSA) is 73.3 Å². The maximum absolute atomic E-state index is 11.9. The van der Waals surface area contributed by atoms with E-state index in [0.29, 0.717) is 5.56 Å². The van der Waals surface area contributed by atoms with Gasteiger partial charge in [-0.25, -0.2) is 8.42 Å². The van der Waals surface area contributed by atoms with Crippen molar-refractivity contribution in [1.29, 1.82) is 0 Å². The Hall–Kier alpha value is -1.43. The maximum Gasteiger partial charge on any atom is 0.306 e. The Morgan fingerprint density at radius 3 is 2.76 bits per heavy atom. The summed E-state index contributed by atoms with van der Waals surface area (Å²) in [7, 11) is -2.12. The molecule has 1 rings (SSSR count). The highest BCUT2D eigenvalue weighted by molar-refractivity contribution is 7.91. The summed E-state index contributed by atoms with van der Waals surface area (Å²) < 4.78 is 28.3. The van der Waals surface area contributed by atoms with E-state index in [0.717, 1.165) is 0 Å². The van der Waals surface area contributed by atoms with Crippen LogP contribution in [0.15, 0.2) is 24.5 Å². The number of esters is 1. The highest BCUT2D eigenvalue weighted by Crippen LogP contribution is 2.13. The minimum Gasteiger partial charge on any atom is -0.469 e. The summed E-state index contributed by atoms with van der Waals surface area (Å²) in [5, 5.41) is -0.754. The third-order valence-electron chi connectivity index (χ3n) is 2.39. The smallest absolute Gasteiger partial charge is 0.306 e. The number of aromatic nitrogens is 1. The van der Waals surface area contributed by atoms with Crippen LogP contribution in [0.3, 0.4) is 0 Å². The van der Waals surface area contributed by atoms with Crippen molar-refractivity contribution in [1.82, 2.24) is 4.98 Å². The van der Waals surface area contributed by atoms with Crippen LogP contribution in [-0.2, 0) is 25.1 Å². The Morgan fingerprint density at radius 1 is 1.53 bits per heavy atom. The van der Waals surface area contributed by atoms with Gasteiger partial charge in [-0.1, -0.05) is 6.07 Å². The zero-order valence-electron chi connectivity index (χ0n) is 9.79. The van der Waals surface area contributed by atoms with Crippen molar-refractivity contribution in [2.24, 2.45) is 0 Å². The van der Waals surface area contributed by atoms with Crippen LogP contribution >= 0.6 is 0 Å². The molecule has 17 heavy (non-hydrogen) atoms. The fourth-order valence-corrected chi connectivity index (χ4v) is 2.61. The largest absolute Gasteiger partial charge is 0.469 e. The standard InChI is InChI=1S/C11H15NO4S/c1-9(6-11(13)16-2)17(14,15)8-10-4-3-5-12-7-10/h3-5,7,9H,6,8H2,1-2H3. The molecule has 0 N–H and O–H groups in total. The first-order valence-electron chi connectivity index (χ1n) is 5.13. The van der Waals surface area contributed by atoms with Crippen molar-refractivity contribution in [3.63, 3.8) is 0 Å². The summed E-state index contributed by atoms with van der Waals surface area (Å²) >= 11 is 0. The van der Waals surface area contributed by atoms with Gasteiger partial charge >= 0.3 is 5.97 Å². The molecule has 0 amide bonds. The lowest BCUT2D eigenvalue weighted by Crippen LogP contribution is -2.23. The normalized spacial score (nSPS) is 13.1.